The third kappa shape index (κ3) is 3.96. The predicted octanol–water partition coefficient (Wildman–Crippen LogP) is 3.93. The maximum absolute atomic E-state index is 12.3. The number of anilines is 1. The summed E-state index contributed by atoms with van der Waals surface area (Å²) < 4.78 is 3.70. The molecule has 142 valence electrons. The highest BCUT2D eigenvalue weighted by molar-refractivity contribution is 5.90. The summed E-state index contributed by atoms with van der Waals surface area (Å²) in [6.07, 6.45) is 5.74. The van der Waals surface area contributed by atoms with Gasteiger partial charge in [-0.25, -0.2) is 0 Å². The zero-order valence-corrected chi connectivity index (χ0v) is 16.1. The zero-order chi connectivity index (χ0) is 19.5. The Morgan fingerprint density at radius 1 is 1.04 bits per heavy atom. The number of hydrogen-bond donors (Lipinski definition) is 1. The molecule has 0 spiro atoms. The smallest absolute Gasteiger partial charge is 0.226 e. The lowest BCUT2D eigenvalue weighted by Crippen LogP contribution is -2.14. The van der Waals surface area contributed by atoms with Crippen LogP contribution in [0.2, 0.25) is 0 Å². The summed E-state index contributed by atoms with van der Waals surface area (Å²) in [6.45, 7) is 5.35. The second-order valence-electron chi connectivity index (χ2n) is 7.09. The minimum Gasteiger partial charge on any atom is -0.323 e. The van der Waals surface area contributed by atoms with Gasteiger partial charge in [-0.05, 0) is 31.0 Å². The molecule has 0 fully saturated rings. The second kappa shape index (κ2) is 7.68. The average Bonchev–Trinajstić information content (AvgIpc) is 3.29. The number of rotatable bonds is 6. The van der Waals surface area contributed by atoms with Crippen molar-refractivity contribution < 1.29 is 4.79 Å². The van der Waals surface area contributed by atoms with Gasteiger partial charge in [0.05, 0.1) is 36.7 Å². The van der Waals surface area contributed by atoms with Crippen molar-refractivity contribution in [1.82, 2.24) is 19.6 Å². The van der Waals surface area contributed by atoms with Gasteiger partial charge in [0.1, 0.15) is 0 Å². The molecule has 4 rings (SSSR count). The van der Waals surface area contributed by atoms with E-state index in [1.165, 1.54) is 16.7 Å². The molecule has 0 saturated heterocycles. The van der Waals surface area contributed by atoms with Crippen LogP contribution in [0, 0.1) is 13.8 Å². The van der Waals surface area contributed by atoms with Crippen molar-refractivity contribution in [1.29, 1.82) is 0 Å². The zero-order valence-electron chi connectivity index (χ0n) is 16.1. The van der Waals surface area contributed by atoms with E-state index in [4.69, 9.17) is 0 Å². The number of carbonyl (C=O) groups is 1. The number of fused-ring (bicyclic) bond motifs is 1. The van der Waals surface area contributed by atoms with Gasteiger partial charge in [0.2, 0.25) is 5.91 Å². The first-order valence-electron chi connectivity index (χ1n) is 9.37. The van der Waals surface area contributed by atoms with Gasteiger partial charge in [0.25, 0.3) is 0 Å². The van der Waals surface area contributed by atoms with Crippen LogP contribution in [0.1, 0.15) is 23.1 Å². The molecular weight excluding hydrogens is 350 g/mol. The van der Waals surface area contributed by atoms with Gasteiger partial charge in [-0.3, -0.25) is 14.2 Å². The fourth-order valence-corrected chi connectivity index (χ4v) is 3.25. The van der Waals surface area contributed by atoms with E-state index in [-0.39, 0.29) is 5.91 Å². The number of benzene rings is 2. The number of aromatic nitrogens is 4. The minimum absolute atomic E-state index is 0.0498. The van der Waals surface area contributed by atoms with Gasteiger partial charge in [-0.2, -0.15) is 10.2 Å². The number of carbonyl (C=O) groups excluding carboxylic acids is 1. The summed E-state index contributed by atoms with van der Waals surface area (Å²) >= 11 is 0. The molecule has 4 aromatic rings. The molecule has 2 aromatic heterocycles. The van der Waals surface area contributed by atoms with Crippen LogP contribution in [-0.2, 0) is 17.9 Å². The molecule has 0 aliphatic rings. The van der Waals surface area contributed by atoms with E-state index >= 15 is 0 Å². The van der Waals surface area contributed by atoms with Gasteiger partial charge in [-0.1, -0.05) is 42.0 Å². The quantitative estimate of drug-likeness (QED) is 0.557. The fraction of sp³-hybridized carbons (Fsp3) is 0.227. The molecule has 1 N–H and O–H groups in total. The molecule has 0 atom stereocenters. The summed E-state index contributed by atoms with van der Waals surface area (Å²) in [4.78, 5) is 12.3. The molecule has 0 saturated carbocycles. The third-order valence-corrected chi connectivity index (χ3v) is 4.84. The Kier molecular flexibility index (Phi) is 4.93. The van der Waals surface area contributed by atoms with Crippen LogP contribution in [0.5, 0.6) is 0 Å². The highest BCUT2D eigenvalue weighted by atomic mass is 16.1. The molecule has 2 aromatic carbocycles. The van der Waals surface area contributed by atoms with Crippen LogP contribution in [0.25, 0.3) is 10.9 Å². The van der Waals surface area contributed by atoms with E-state index in [9.17, 15) is 4.79 Å². The van der Waals surface area contributed by atoms with Gasteiger partial charge >= 0.3 is 0 Å². The molecule has 28 heavy (non-hydrogen) atoms. The van der Waals surface area contributed by atoms with E-state index in [1.807, 2.05) is 33.9 Å². The van der Waals surface area contributed by atoms with Crippen LogP contribution in [0.15, 0.2) is 61.1 Å². The van der Waals surface area contributed by atoms with E-state index < -0.39 is 0 Å². The number of nitrogens with zero attached hydrogens (tertiary/aromatic N) is 4. The van der Waals surface area contributed by atoms with Crippen molar-refractivity contribution in [2.75, 3.05) is 5.32 Å². The second-order valence-corrected chi connectivity index (χ2v) is 7.09. The summed E-state index contributed by atoms with van der Waals surface area (Å²) in [5.74, 6) is -0.0498. The van der Waals surface area contributed by atoms with E-state index in [1.54, 1.807) is 6.20 Å². The first-order chi connectivity index (χ1) is 13.6. The largest absolute Gasteiger partial charge is 0.323 e. The van der Waals surface area contributed by atoms with Crippen molar-refractivity contribution in [2.45, 2.75) is 33.4 Å². The lowest BCUT2D eigenvalue weighted by atomic mass is 10.1. The van der Waals surface area contributed by atoms with Crippen molar-refractivity contribution in [3.05, 3.63) is 77.7 Å². The Hall–Kier alpha value is -3.41. The van der Waals surface area contributed by atoms with Crippen LogP contribution < -0.4 is 5.32 Å². The first kappa shape index (κ1) is 18.0. The van der Waals surface area contributed by atoms with E-state index in [0.29, 0.717) is 25.2 Å². The number of amides is 1. The third-order valence-electron chi connectivity index (χ3n) is 4.84. The summed E-state index contributed by atoms with van der Waals surface area (Å²) in [6, 6.07) is 14.5. The lowest BCUT2D eigenvalue weighted by molar-refractivity contribution is -0.116. The Morgan fingerprint density at radius 3 is 2.68 bits per heavy atom. The predicted molar refractivity (Wildman–Crippen MR) is 110 cm³/mol. The molecule has 0 aliphatic carbocycles. The molecule has 1 amide bonds. The normalized spacial score (nSPS) is 11.1. The van der Waals surface area contributed by atoms with Crippen LogP contribution >= 0.6 is 0 Å². The molecular formula is C22H23N5O. The lowest BCUT2D eigenvalue weighted by Gasteiger charge is -2.05. The number of nitrogens with one attached hydrogen (secondary N) is 1. The van der Waals surface area contributed by atoms with Gasteiger partial charge < -0.3 is 5.32 Å². The molecule has 2 heterocycles. The highest BCUT2D eigenvalue weighted by Crippen LogP contribution is 2.18. The van der Waals surface area contributed by atoms with Crippen LogP contribution in [0.3, 0.4) is 0 Å². The van der Waals surface area contributed by atoms with Crippen molar-refractivity contribution >= 4 is 22.5 Å². The first-order valence-corrected chi connectivity index (χ1v) is 9.37. The molecule has 0 aliphatic heterocycles. The standard InChI is InChI=1S/C22H23N5O/c1-16-6-8-18(9-7-16)14-26-15-19(12-23-26)25-22(28)10-11-27-21-5-3-4-17(2)20(21)13-24-27/h3-9,12-13,15H,10-11,14H2,1-2H3,(H,25,28). The van der Waals surface area contributed by atoms with Crippen molar-refractivity contribution in [3.8, 4) is 0 Å². The monoisotopic (exact) mass is 373 g/mol. The number of hydrogen-bond acceptors (Lipinski definition) is 3. The van der Waals surface area contributed by atoms with Crippen LogP contribution in [0.4, 0.5) is 5.69 Å². The van der Waals surface area contributed by atoms with Crippen molar-refractivity contribution in [3.63, 3.8) is 0 Å². The molecule has 0 unspecified atom stereocenters. The Bertz CT molecular complexity index is 1110. The van der Waals surface area contributed by atoms with Gasteiger partial charge in [-0.15, -0.1) is 0 Å². The van der Waals surface area contributed by atoms with Gasteiger partial charge in [0.15, 0.2) is 0 Å². The summed E-state index contributed by atoms with van der Waals surface area (Å²) in [5, 5.41) is 12.8. The molecule has 6 heteroatoms. The molecule has 0 bridgehead atoms. The molecule has 0 radical (unpaired) electrons. The summed E-state index contributed by atoms with van der Waals surface area (Å²) in [5.41, 5.74) is 5.36. The van der Waals surface area contributed by atoms with E-state index in [0.717, 1.165) is 10.9 Å². The van der Waals surface area contributed by atoms with Gasteiger partial charge in [0, 0.05) is 18.0 Å². The SMILES string of the molecule is Cc1ccc(Cn2cc(NC(=O)CCn3ncc4c(C)cccc43)cn2)cc1. The maximum Gasteiger partial charge on any atom is 0.226 e. The Morgan fingerprint density at radius 2 is 1.86 bits per heavy atom. The van der Waals surface area contributed by atoms with Crippen molar-refractivity contribution in [2.24, 2.45) is 0 Å². The minimum atomic E-state index is -0.0498. The Labute approximate surface area is 163 Å². The van der Waals surface area contributed by atoms with E-state index in [2.05, 4.69) is 59.7 Å². The number of aryl methyl sites for hydroxylation is 3. The maximum atomic E-state index is 12.3. The molecule has 6 nitrogen and oxygen atoms in total. The fourth-order valence-electron chi connectivity index (χ4n) is 3.25. The summed E-state index contributed by atoms with van der Waals surface area (Å²) in [7, 11) is 0. The average molecular weight is 373 g/mol. The Balaban J connectivity index is 1.34. The topological polar surface area (TPSA) is 64.7 Å². The highest BCUT2D eigenvalue weighted by Gasteiger charge is 2.09. The van der Waals surface area contributed by atoms with Crippen LogP contribution in [-0.4, -0.2) is 25.5 Å².